The fraction of sp³-hybridized carbons (Fsp3) is 0.261. The summed E-state index contributed by atoms with van der Waals surface area (Å²) in [4.78, 5) is 12.6. The van der Waals surface area contributed by atoms with E-state index in [0.29, 0.717) is 24.2 Å². The van der Waals surface area contributed by atoms with Crippen molar-refractivity contribution in [2.45, 2.75) is 32.8 Å². The first kappa shape index (κ1) is 20.5. The molecule has 3 N–H and O–H groups in total. The van der Waals surface area contributed by atoms with Gasteiger partial charge in [0.15, 0.2) is 0 Å². The van der Waals surface area contributed by atoms with Gasteiger partial charge in [-0.2, -0.15) is 0 Å². The van der Waals surface area contributed by atoms with Gasteiger partial charge in [-0.3, -0.25) is 4.79 Å². The van der Waals surface area contributed by atoms with Crippen molar-refractivity contribution in [3.63, 3.8) is 0 Å². The predicted molar refractivity (Wildman–Crippen MR) is 113 cm³/mol. The van der Waals surface area contributed by atoms with E-state index in [9.17, 15) is 20.1 Å². The molecule has 29 heavy (non-hydrogen) atoms. The number of phenols is 2. The van der Waals surface area contributed by atoms with Gasteiger partial charge in [-0.05, 0) is 51.0 Å². The van der Waals surface area contributed by atoms with Gasteiger partial charge in [0.2, 0.25) is 5.43 Å². The second-order valence-corrected chi connectivity index (χ2v) is 7.19. The third-order valence-electron chi connectivity index (χ3n) is 4.77. The van der Waals surface area contributed by atoms with E-state index in [1.807, 2.05) is 13.0 Å². The molecule has 6 nitrogen and oxygen atoms in total. The minimum Gasteiger partial charge on any atom is -0.508 e. The third kappa shape index (κ3) is 4.60. The Labute approximate surface area is 168 Å². The zero-order chi connectivity index (χ0) is 21.1. The largest absolute Gasteiger partial charge is 0.508 e. The fourth-order valence-corrected chi connectivity index (χ4v) is 3.00. The van der Waals surface area contributed by atoms with Crippen molar-refractivity contribution in [1.29, 1.82) is 0 Å². The van der Waals surface area contributed by atoms with Gasteiger partial charge in [0.1, 0.15) is 40.4 Å². The van der Waals surface area contributed by atoms with Gasteiger partial charge in [-0.15, -0.1) is 0 Å². The molecule has 0 bridgehead atoms. The first-order valence-electron chi connectivity index (χ1n) is 9.30. The average molecular weight is 396 g/mol. The van der Waals surface area contributed by atoms with Gasteiger partial charge in [0, 0.05) is 12.1 Å². The molecule has 152 valence electrons. The molecule has 0 unspecified atom stereocenters. The highest BCUT2D eigenvalue weighted by Gasteiger charge is 2.14. The van der Waals surface area contributed by atoms with E-state index in [-0.39, 0.29) is 34.5 Å². The highest BCUT2D eigenvalue weighted by atomic mass is 16.5. The second-order valence-electron chi connectivity index (χ2n) is 7.19. The Balaban J connectivity index is 1.80. The van der Waals surface area contributed by atoms with Gasteiger partial charge in [-0.25, -0.2) is 0 Å². The van der Waals surface area contributed by atoms with Crippen LogP contribution in [-0.2, 0) is 0 Å². The third-order valence-corrected chi connectivity index (χ3v) is 4.77. The Bertz CT molecular complexity index is 1160. The molecule has 0 radical (unpaired) electrons. The Kier molecular flexibility index (Phi) is 5.94. The maximum Gasteiger partial charge on any atom is 0.204 e. The predicted octanol–water partition coefficient (Wildman–Crippen LogP) is 4.40. The van der Waals surface area contributed by atoms with Crippen molar-refractivity contribution in [3.8, 4) is 17.2 Å². The van der Waals surface area contributed by atoms with Crippen LogP contribution in [0.1, 0.15) is 26.7 Å². The van der Waals surface area contributed by atoms with E-state index >= 15 is 0 Å². The zero-order valence-corrected chi connectivity index (χ0v) is 16.4. The number of aromatic hydroxyl groups is 2. The van der Waals surface area contributed by atoms with E-state index in [2.05, 4.69) is 6.58 Å². The van der Waals surface area contributed by atoms with Crippen LogP contribution < -0.4 is 10.2 Å². The van der Waals surface area contributed by atoms with E-state index in [0.717, 1.165) is 11.1 Å². The molecule has 0 aliphatic heterocycles. The molecule has 6 heteroatoms. The minimum atomic E-state index is -0.517. The van der Waals surface area contributed by atoms with Gasteiger partial charge < -0.3 is 24.5 Å². The molecule has 0 aliphatic rings. The van der Waals surface area contributed by atoms with Crippen LogP contribution in [0.5, 0.6) is 17.2 Å². The van der Waals surface area contributed by atoms with Crippen LogP contribution in [-0.4, -0.2) is 28.0 Å². The number of ether oxygens (including phenoxy) is 1. The Morgan fingerprint density at radius 2 is 1.97 bits per heavy atom. The molecule has 1 aromatic heterocycles. The quantitative estimate of drug-likeness (QED) is 0.404. The first-order valence-corrected chi connectivity index (χ1v) is 9.30. The molecule has 0 saturated carbocycles. The Morgan fingerprint density at radius 3 is 2.69 bits per heavy atom. The standard InChI is InChI=1S/C23H24O6/c1-13(2)18(25)6-4-14(3)8-9-28-16-11-19(26)22-21(12-16)29-20-7-5-15(24)10-17(20)23(22)27/h5,7-8,10-12,18,24-26H,1,4,6,9H2,2-3H3/b14-8+/t18-/m1/s1. The number of aliphatic hydroxyl groups excluding tert-OH is 1. The lowest BCUT2D eigenvalue weighted by atomic mass is 10.0. The monoisotopic (exact) mass is 396 g/mol. The van der Waals surface area contributed by atoms with Crippen molar-refractivity contribution in [2.24, 2.45) is 0 Å². The van der Waals surface area contributed by atoms with E-state index in [4.69, 9.17) is 9.15 Å². The normalized spacial score (nSPS) is 13.0. The summed E-state index contributed by atoms with van der Waals surface area (Å²) in [5, 5.41) is 29.9. The molecule has 1 heterocycles. The molecule has 2 aromatic carbocycles. The molecular formula is C23H24O6. The summed E-state index contributed by atoms with van der Waals surface area (Å²) < 4.78 is 11.4. The van der Waals surface area contributed by atoms with Crippen LogP contribution in [0.15, 0.2) is 63.3 Å². The van der Waals surface area contributed by atoms with Crippen LogP contribution in [0.3, 0.4) is 0 Å². The molecule has 0 spiro atoms. The molecule has 0 aliphatic carbocycles. The Hall–Kier alpha value is -3.25. The molecule has 0 saturated heterocycles. The second kappa shape index (κ2) is 8.41. The summed E-state index contributed by atoms with van der Waals surface area (Å²) in [7, 11) is 0. The van der Waals surface area contributed by atoms with E-state index in [1.165, 1.54) is 24.3 Å². The number of phenolic OH excluding ortho intramolecular Hbond substituents is 2. The van der Waals surface area contributed by atoms with Crippen LogP contribution >= 0.6 is 0 Å². The molecule has 3 rings (SSSR count). The SMILES string of the molecule is C=C(C)[C@H](O)CC/C(C)=C/COc1cc(O)c2c(=O)c3cc(O)ccc3oc2c1. The molecular weight excluding hydrogens is 372 g/mol. The van der Waals surface area contributed by atoms with E-state index < -0.39 is 11.5 Å². The number of fused-ring (bicyclic) bond motifs is 2. The van der Waals surface area contributed by atoms with Crippen molar-refractivity contribution in [3.05, 3.63) is 64.4 Å². The van der Waals surface area contributed by atoms with Gasteiger partial charge in [-0.1, -0.05) is 17.7 Å². The number of allylic oxidation sites excluding steroid dienone is 1. The summed E-state index contributed by atoms with van der Waals surface area (Å²) in [5.74, 6) is 0.0607. The van der Waals surface area contributed by atoms with Crippen LogP contribution in [0.2, 0.25) is 0 Å². The van der Waals surface area contributed by atoms with Crippen LogP contribution in [0, 0.1) is 0 Å². The lowest BCUT2D eigenvalue weighted by molar-refractivity contribution is 0.201. The average Bonchev–Trinajstić information content (AvgIpc) is 2.66. The van der Waals surface area contributed by atoms with Crippen molar-refractivity contribution in [2.75, 3.05) is 6.61 Å². The topological polar surface area (TPSA) is 100 Å². The van der Waals surface area contributed by atoms with E-state index in [1.54, 1.807) is 13.0 Å². The van der Waals surface area contributed by atoms with Crippen LogP contribution in [0.4, 0.5) is 0 Å². The summed E-state index contributed by atoms with van der Waals surface area (Å²) in [6.45, 7) is 7.75. The fourth-order valence-electron chi connectivity index (χ4n) is 3.00. The zero-order valence-electron chi connectivity index (χ0n) is 16.4. The maximum atomic E-state index is 12.6. The minimum absolute atomic E-state index is 0.0379. The lowest BCUT2D eigenvalue weighted by Gasteiger charge is -2.10. The van der Waals surface area contributed by atoms with Gasteiger partial charge in [0.05, 0.1) is 11.5 Å². The summed E-state index contributed by atoms with van der Waals surface area (Å²) in [6.07, 6.45) is 2.69. The highest BCUT2D eigenvalue weighted by Crippen LogP contribution is 2.31. The number of rotatable bonds is 7. The highest BCUT2D eigenvalue weighted by molar-refractivity contribution is 5.94. The maximum absolute atomic E-state index is 12.6. The van der Waals surface area contributed by atoms with Gasteiger partial charge in [0.25, 0.3) is 0 Å². The lowest BCUT2D eigenvalue weighted by Crippen LogP contribution is -2.07. The van der Waals surface area contributed by atoms with Crippen molar-refractivity contribution < 1.29 is 24.5 Å². The molecule has 1 atom stereocenters. The number of benzene rings is 2. The summed E-state index contributed by atoms with van der Waals surface area (Å²) in [5.41, 5.74) is 1.89. The first-order chi connectivity index (χ1) is 13.8. The summed E-state index contributed by atoms with van der Waals surface area (Å²) in [6, 6.07) is 7.15. The Morgan fingerprint density at radius 1 is 1.21 bits per heavy atom. The smallest absolute Gasteiger partial charge is 0.204 e. The molecule has 0 fully saturated rings. The number of aliphatic hydroxyl groups is 1. The summed E-state index contributed by atoms with van der Waals surface area (Å²) >= 11 is 0. The van der Waals surface area contributed by atoms with Crippen LogP contribution in [0.25, 0.3) is 21.9 Å². The number of hydrogen-bond donors (Lipinski definition) is 3. The number of hydrogen-bond acceptors (Lipinski definition) is 6. The molecule has 3 aromatic rings. The van der Waals surface area contributed by atoms with Gasteiger partial charge >= 0.3 is 0 Å². The van der Waals surface area contributed by atoms with Crippen molar-refractivity contribution >= 4 is 21.9 Å². The molecule has 0 amide bonds. The van der Waals surface area contributed by atoms with Crippen molar-refractivity contribution in [1.82, 2.24) is 0 Å².